The van der Waals surface area contributed by atoms with E-state index in [1.165, 1.54) is 0 Å². The summed E-state index contributed by atoms with van der Waals surface area (Å²) in [5.41, 5.74) is 10.9. The van der Waals surface area contributed by atoms with E-state index >= 15 is 0 Å². The van der Waals surface area contributed by atoms with Crippen molar-refractivity contribution in [3.05, 3.63) is 57.1 Å². The zero-order valence-electron chi connectivity index (χ0n) is 11.8. The highest BCUT2D eigenvalue weighted by molar-refractivity contribution is 9.10. The highest BCUT2D eigenvalue weighted by Gasteiger charge is 2.11. The molecule has 0 bridgehead atoms. The van der Waals surface area contributed by atoms with Crippen LogP contribution in [0.3, 0.4) is 0 Å². The number of benzene rings is 2. The molecule has 2 aromatic carbocycles. The Morgan fingerprint density at radius 3 is 2.45 bits per heavy atom. The van der Waals surface area contributed by atoms with E-state index in [9.17, 15) is 4.79 Å². The number of nitrogens with one attached hydrogen (secondary N) is 1. The summed E-state index contributed by atoms with van der Waals surface area (Å²) in [5.74, 6) is -0.115. The number of halogens is 1. The van der Waals surface area contributed by atoms with Crippen molar-refractivity contribution >= 4 is 33.2 Å². The van der Waals surface area contributed by atoms with Gasteiger partial charge in [0.25, 0.3) is 5.91 Å². The Kier molecular flexibility index (Phi) is 4.14. The average Bonchev–Trinajstić information content (AvgIpc) is 2.38. The van der Waals surface area contributed by atoms with Gasteiger partial charge in [-0.2, -0.15) is 0 Å². The lowest BCUT2D eigenvalue weighted by Gasteiger charge is -2.12. The van der Waals surface area contributed by atoms with Crippen molar-refractivity contribution in [2.45, 2.75) is 20.8 Å². The first-order valence-electron chi connectivity index (χ1n) is 6.32. The number of carbonyl (C=O) groups excluding carboxylic acids is 1. The largest absolute Gasteiger partial charge is 0.399 e. The highest BCUT2D eigenvalue weighted by atomic mass is 79.9. The fraction of sp³-hybridized carbons (Fsp3) is 0.188. The van der Waals surface area contributed by atoms with Gasteiger partial charge in [-0.3, -0.25) is 4.79 Å². The number of rotatable bonds is 2. The number of hydrogen-bond acceptors (Lipinski definition) is 2. The van der Waals surface area contributed by atoms with E-state index in [4.69, 9.17) is 5.73 Å². The maximum atomic E-state index is 12.4. The van der Waals surface area contributed by atoms with Crippen molar-refractivity contribution in [2.75, 3.05) is 11.1 Å². The van der Waals surface area contributed by atoms with E-state index in [-0.39, 0.29) is 5.91 Å². The second kappa shape index (κ2) is 5.67. The lowest BCUT2D eigenvalue weighted by molar-refractivity contribution is 0.102. The average molecular weight is 333 g/mol. The van der Waals surface area contributed by atoms with Crippen molar-refractivity contribution in [1.82, 2.24) is 0 Å². The number of carbonyl (C=O) groups is 1. The van der Waals surface area contributed by atoms with Crippen molar-refractivity contribution in [2.24, 2.45) is 0 Å². The molecule has 0 aromatic heterocycles. The summed E-state index contributed by atoms with van der Waals surface area (Å²) in [4.78, 5) is 12.4. The zero-order chi connectivity index (χ0) is 14.9. The van der Waals surface area contributed by atoms with Gasteiger partial charge in [-0.1, -0.05) is 22.0 Å². The third kappa shape index (κ3) is 3.02. The zero-order valence-corrected chi connectivity index (χ0v) is 13.3. The smallest absolute Gasteiger partial charge is 0.255 e. The van der Waals surface area contributed by atoms with E-state index in [0.29, 0.717) is 5.56 Å². The van der Waals surface area contributed by atoms with Crippen molar-refractivity contribution in [1.29, 1.82) is 0 Å². The molecule has 0 atom stereocenters. The molecule has 0 radical (unpaired) electrons. The number of nitrogens with two attached hydrogens (primary N) is 1. The second-order valence-electron chi connectivity index (χ2n) is 4.94. The van der Waals surface area contributed by atoms with Crippen molar-refractivity contribution < 1.29 is 4.79 Å². The van der Waals surface area contributed by atoms with E-state index < -0.39 is 0 Å². The number of aryl methyl sites for hydroxylation is 3. The first kappa shape index (κ1) is 14.6. The maximum Gasteiger partial charge on any atom is 0.255 e. The minimum absolute atomic E-state index is 0.115. The summed E-state index contributed by atoms with van der Waals surface area (Å²) >= 11 is 3.39. The van der Waals surface area contributed by atoms with Crippen molar-refractivity contribution in [3.8, 4) is 0 Å². The van der Waals surface area contributed by atoms with Gasteiger partial charge in [0.1, 0.15) is 0 Å². The molecule has 4 heteroatoms. The quantitative estimate of drug-likeness (QED) is 0.809. The molecule has 104 valence electrons. The second-order valence-corrected chi connectivity index (χ2v) is 5.85. The minimum Gasteiger partial charge on any atom is -0.399 e. The van der Waals surface area contributed by atoms with Gasteiger partial charge in [-0.05, 0) is 61.7 Å². The van der Waals surface area contributed by atoms with E-state index in [0.717, 1.165) is 32.5 Å². The van der Waals surface area contributed by atoms with Crippen LogP contribution in [0.1, 0.15) is 27.0 Å². The molecule has 20 heavy (non-hydrogen) atoms. The van der Waals surface area contributed by atoms with Gasteiger partial charge >= 0.3 is 0 Å². The van der Waals surface area contributed by atoms with Gasteiger partial charge in [0.15, 0.2) is 0 Å². The molecular weight excluding hydrogens is 316 g/mol. The molecule has 0 saturated carbocycles. The van der Waals surface area contributed by atoms with Gasteiger partial charge in [0, 0.05) is 21.4 Å². The molecule has 0 aliphatic carbocycles. The predicted molar refractivity (Wildman–Crippen MR) is 87.2 cm³/mol. The summed E-state index contributed by atoms with van der Waals surface area (Å²) in [6.07, 6.45) is 0. The van der Waals surface area contributed by atoms with Gasteiger partial charge in [0.05, 0.1) is 0 Å². The van der Waals surface area contributed by atoms with Crippen molar-refractivity contribution in [3.63, 3.8) is 0 Å². The number of nitrogen functional groups attached to an aromatic ring is 1. The van der Waals surface area contributed by atoms with Crippen LogP contribution in [0.25, 0.3) is 0 Å². The minimum atomic E-state index is -0.115. The van der Waals surface area contributed by atoms with E-state index in [1.54, 1.807) is 0 Å². The topological polar surface area (TPSA) is 55.1 Å². The van der Waals surface area contributed by atoms with Gasteiger partial charge in [-0.25, -0.2) is 0 Å². The summed E-state index contributed by atoms with van der Waals surface area (Å²) in [5, 5.41) is 2.95. The molecule has 3 nitrogen and oxygen atoms in total. The molecular formula is C16H17BrN2O. The van der Waals surface area contributed by atoms with Crippen LogP contribution < -0.4 is 11.1 Å². The van der Waals surface area contributed by atoms with Crippen LogP contribution in [0.4, 0.5) is 11.4 Å². The molecule has 0 spiro atoms. The molecule has 0 aliphatic rings. The van der Waals surface area contributed by atoms with Crippen LogP contribution in [-0.2, 0) is 0 Å². The van der Waals surface area contributed by atoms with Crippen LogP contribution in [0.2, 0.25) is 0 Å². The normalized spacial score (nSPS) is 10.4. The SMILES string of the molecule is Cc1cc(NC(=O)c2cc(Br)ccc2C)c(C)cc1N. The Hall–Kier alpha value is -1.81. The molecule has 0 saturated heterocycles. The number of hydrogen-bond donors (Lipinski definition) is 2. The Morgan fingerprint density at radius 2 is 1.75 bits per heavy atom. The van der Waals surface area contributed by atoms with Crippen LogP contribution in [-0.4, -0.2) is 5.91 Å². The Balaban J connectivity index is 2.32. The summed E-state index contributed by atoms with van der Waals surface area (Å²) in [6.45, 7) is 5.77. The highest BCUT2D eigenvalue weighted by Crippen LogP contribution is 2.23. The molecule has 2 aromatic rings. The Bertz CT molecular complexity index is 680. The summed E-state index contributed by atoms with van der Waals surface area (Å²) in [6, 6.07) is 9.43. The van der Waals surface area contributed by atoms with Gasteiger partial charge < -0.3 is 11.1 Å². The third-order valence-electron chi connectivity index (χ3n) is 3.31. The molecule has 0 fully saturated rings. The molecule has 3 N–H and O–H groups in total. The van der Waals surface area contributed by atoms with Gasteiger partial charge in [-0.15, -0.1) is 0 Å². The number of amides is 1. The van der Waals surface area contributed by atoms with Crippen LogP contribution in [0.5, 0.6) is 0 Å². The summed E-state index contributed by atoms with van der Waals surface area (Å²) in [7, 11) is 0. The Labute approximate surface area is 127 Å². The van der Waals surface area contributed by atoms with Gasteiger partial charge in [0.2, 0.25) is 0 Å². The monoisotopic (exact) mass is 332 g/mol. The molecule has 1 amide bonds. The lowest BCUT2D eigenvalue weighted by atomic mass is 10.1. The first-order chi connectivity index (χ1) is 9.38. The van der Waals surface area contributed by atoms with Crippen LogP contribution in [0, 0.1) is 20.8 Å². The van der Waals surface area contributed by atoms with Crippen LogP contribution in [0.15, 0.2) is 34.8 Å². The maximum absolute atomic E-state index is 12.4. The Morgan fingerprint density at radius 1 is 1.05 bits per heavy atom. The van der Waals surface area contributed by atoms with Crippen LogP contribution >= 0.6 is 15.9 Å². The molecule has 0 heterocycles. The number of anilines is 2. The molecule has 0 aliphatic heterocycles. The predicted octanol–water partition coefficient (Wildman–Crippen LogP) is 4.21. The fourth-order valence-corrected chi connectivity index (χ4v) is 2.36. The van der Waals surface area contributed by atoms with E-state index in [1.807, 2.05) is 51.1 Å². The lowest BCUT2D eigenvalue weighted by Crippen LogP contribution is -2.14. The first-order valence-corrected chi connectivity index (χ1v) is 7.12. The summed E-state index contributed by atoms with van der Waals surface area (Å²) < 4.78 is 0.887. The standard InChI is InChI=1S/C16H17BrN2O/c1-9-4-5-12(17)8-13(9)16(20)19-15-7-10(2)14(18)6-11(15)3/h4-8H,18H2,1-3H3,(H,19,20). The fourth-order valence-electron chi connectivity index (χ4n) is 2.00. The van der Waals surface area contributed by atoms with E-state index in [2.05, 4.69) is 21.2 Å². The molecule has 0 unspecified atom stereocenters. The molecule has 2 rings (SSSR count). The third-order valence-corrected chi connectivity index (χ3v) is 3.80.